The molecule has 2 aromatic heterocycles. The van der Waals surface area contributed by atoms with Gasteiger partial charge < -0.3 is 4.74 Å². The lowest BCUT2D eigenvalue weighted by Crippen LogP contribution is -1.93. The number of ether oxygens (including phenoxy) is 1. The molecule has 0 saturated heterocycles. The average Bonchev–Trinajstić information content (AvgIpc) is 2.64. The Kier molecular flexibility index (Phi) is 4.16. The predicted octanol–water partition coefficient (Wildman–Crippen LogP) is 3.07. The van der Waals surface area contributed by atoms with Gasteiger partial charge in [-0.1, -0.05) is 13.8 Å². The molecule has 0 aliphatic heterocycles. The maximum atomic E-state index is 5.40. The van der Waals surface area contributed by atoms with Crippen molar-refractivity contribution in [2.24, 2.45) is 0 Å². The molecule has 0 saturated carbocycles. The van der Waals surface area contributed by atoms with Gasteiger partial charge in [0.05, 0.1) is 18.3 Å². The molecule has 0 aromatic carbocycles. The Morgan fingerprint density at radius 1 is 1.40 bits per heavy atom. The number of fused-ring (bicyclic) bond motifs is 1. The van der Waals surface area contributed by atoms with Gasteiger partial charge in [0.2, 0.25) is 0 Å². The summed E-state index contributed by atoms with van der Waals surface area (Å²) < 4.78 is 7.24. The lowest BCUT2D eigenvalue weighted by molar-refractivity contribution is 0.340. The maximum Gasteiger partial charge on any atom is 0.122 e. The summed E-state index contributed by atoms with van der Waals surface area (Å²) in [5.41, 5.74) is 2.27. The van der Waals surface area contributed by atoms with Crippen LogP contribution in [-0.4, -0.2) is 16.2 Å². The monoisotopic (exact) mass is 206 g/mol. The Morgan fingerprint density at radius 2 is 2.13 bits per heavy atom. The summed E-state index contributed by atoms with van der Waals surface area (Å²) in [4.78, 5) is 0. The fourth-order valence-electron chi connectivity index (χ4n) is 1.34. The average molecular weight is 206 g/mol. The van der Waals surface area contributed by atoms with E-state index in [9.17, 15) is 0 Å². The van der Waals surface area contributed by atoms with Crippen molar-refractivity contribution >= 4 is 5.52 Å². The molecule has 3 nitrogen and oxygen atoms in total. The van der Waals surface area contributed by atoms with Crippen LogP contribution in [0.2, 0.25) is 0 Å². The Bertz CT molecular complexity index is 420. The molecule has 0 aliphatic carbocycles. The maximum absolute atomic E-state index is 5.40. The first kappa shape index (κ1) is 11.6. The zero-order valence-corrected chi connectivity index (χ0v) is 9.82. The second kappa shape index (κ2) is 5.39. The van der Waals surface area contributed by atoms with Gasteiger partial charge in [-0.3, -0.25) is 0 Å². The van der Waals surface area contributed by atoms with Crippen molar-refractivity contribution in [2.45, 2.75) is 27.7 Å². The molecule has 3 heteroatoms. The molecule has 0 aliphatic rings. The van der Waals surface area contributed by atoms with Gasteiger partial charge in [-0.05, 0) is 25.5 Å². The van der Waals surface area contributed by atoms with Gasteiger partial charge in [-0.2, -0.15) is 5.10 Å². The van der Waals surface area contributed by atoms with E-state index in [0.29, 0.717) is 6.61 Å². The fourth-order valence-corrected chi connectivity index (χ4v) is 1.34. The zero-order chi connectivity index (χ0) is 11.3. The van der Waals surface area contributed by atoms with Crippen LogP contribution in [-0.2, 0) is 0 Å². The van der Waals surface area contributed by atoms with E-state index in [2.05, 4.69) is 5.10 Å². The summed E-state index contributed by atoms with van der Waals surface area (Å²) in [7, 11) is 0. The first-order chi connectivity index (χ1) is 7.31. The standard InChI is InChI=1S/C10H12N2O.C2H6/c1-3-13-9-4-5-12-10(6-9)8(2)7-11-12;1-2/h4-7H,3H2,1-2H3;1-2H3. The van der Waals surface area contributed by atoms with Gasteiger partial charge in [-0.15, -0.1) is 0 Å². The van der Waals surface area contributed by atoms with Gasteiger partial charge in [0, 0.05) is 12.3 Å². The normalized spacial score (nSPS) is 9.60. The van der Waals surface area contributed by atoms with Gasteiger partial charge in [0.25, 0.3) is 0 Å². The molecule has 0 bridgehead atoms. The van der Waals surface area contributed by atoms with Crippen LogP contribution in [0.15, 0.2) is 24.5 Å². The third kappa shape index (κ3) is 2.49. The number of pyridine rings is 1. The van der Waals surface area contributed by atoms with Gasteiger partial charge in [-0.25, -0.2) is 4.52 Å². The molecule has 0 spiro atoms. The number of rotatable bonds is 2. The van der Waals surface area contributed by atoms with Crippen molar-refractivity contribution in [3.63, 3.8) is 0 Å². The van der Waals surface area contributed by atoms with Gasteiger partial charge in [0.1, 0.15) is 5.75 Å². The fraction of sp³-hybridized carbons (Fsp3) is 0.417. The third-order valence-electron chi connectivity index (χ3n) is 2.00. The van der Waals surface area contributed by atoms with E-state index in [1.54, 1.807) is 0 Å². The molecule has 15 heavy (non-hydrogen) atoms. The van der Waals surface area contributed by atoms with Crippen molar-refractivity contribution in [2.75, 3.05) is 6.61 Å². The number of nitrogens with zero attached hydrogens (tertiary/aromatic N) is 2. The number of aryl methyl sites for hydroxylation is 1. The SMILES string of the molecule is CC.CCOc1ccn2ncc(C)c2c1. The molecule has 0 amide bonds. The van der Waals surface area contributed by atoms with Crippen molar-refractivity contribution < 1.29 is 4.74 Å². The number of hydrogen-bond acceptors (Lipinski definition) is 2. The van der Waals surface area contributed by atoms with Crippen LogP contribution >= 0.6 is 0 Å². The molecular weight excluding hydrogens is 188 g/mol. The van der Waals surface area contributed by atoms with Gasteiger partial charge in [0.15, 0.2) is 0 Å². The minimum absolute atomic E-state index is 0.698. The predicted molar refractivity (Wildman–Crippen MR) is 62.4 cm³/mol. The lowest BCUT2D eigenvalue weighted by atomic mass is 10.3. The van der Waals surface area contributed by atoms with Crippen LogP contribution in [0, 0.1) is 6.92 Å². The molecule has 0 atom stereocenters. The topological polar surface area (TPSA) is 26.5 Å². The second-order valence-electron chi connectivity index (χ2n) is 2.95. The Balaban J connectivity index is 0.000000531. The number of aromatic nitrogens is 2. The molecule has 2 rings (SSSR count). The van der Waals surface area contributed by atoms with Gasteiger partial charge >= 0.3 is 0 Å². The van der Waals surface area contributed by atoms with Crippen LogP contribution in [0.4, 0.5) is 0 Å². The van der Waals surface area contributed by atoms with E-state index in [1.165, 1.54) is 5.56 Å². The zero-order valence-electron chi connectivity index (χ0n) is 9.82. The van der Waals surface area contributed by atoms with E-state index in [0.717, 1.165) is 11.3 Å². The van der Waals surface area contributed by atoms with Crippen LogP contribution < -0.4 is 4.74 Å². The van der Waals surface area contributed by atoms with Crippen LogP contribution in [0.25, 0.3) is 5.52 Å². The highest BCUT2D eigenvalue weighted by molar-refractivity contribution is 5.56. The van der Waals surface area contributed by atoms with Crippen molar-refractivity contribution in [3.8, 4) is 5.75 Å². The number of hydrogen-bond donors (Lipinski definition) is 0. The highest BCUT2D eigenvalue weighted by atomic mass is 16.5. The lowest BCUT2D eigenvalue weighted by Gasteiger charge is -2.02. The Hall–Kier alpha value is -1.51. The minimum Gasteiger partial charge on any atom is -0.494 e. The van der Waals surface area contributed by atoms with E-state index >= 15 is 0 Å². The van der Waals surface area contributed by atoms with Crippen molar-refractivity contribution in [1.29, 1.82) is 0 Å². The van der Waals surface area contributed by atoms with Crippen LogP contribution in [0.3, 0.4) is 0 Å². The molecule has 0 unspecified atom stereocenters. The molecule has 2 heterocycles. The summed E-state index contributed by atoms with van der Waals surface area (Å²) in [6.45, 7) is 8.72. The van der Waals surface area contributed by atoms with Crippen molar-refractivity contribution in [3.05, 3.63) is 30.1 Å². The molecule has 0 N–H and O–H groups in total. The van der Waals surface area contributed by atoms with E-state index < -0.39 is 0 Å². The summed E-state index contributed by atoms with van der Waals surface area (Å²) in [6, 6.07) is 3.93. The largest absolute Gasteiger partial charge is 0.494 e. The van der Waals surface area contributed by atoms with E-state index in [-0.39, 0.29) is 0 Å². The molecule has 82 valence electrons. The summed E-state index contributed by atoms with van der Waals surface area (Å²) in [5, 5.41) is 4.18. The van der Waals surface area contributed by atoms with E-state index in [1.807, 2.05) is 56.7 Å². The third-order valence-corrected chi connectivity index (χ3v) is 2.00. The first-order valence-electron chi connectivity index (χ1n) is 5.38. The molecule has 0 radical (unpaired) electrons. The minimum atomic E-state index is 0.698. The molecule has 2 aromatic rings. The first-order valence-corrected chi connectivity index (χ1v) is 5.38. The van der Waals surface area contributed by atoms with Crippen LogP contribution in [0.1, 0.15) is 26.3 Å². The smallest absolute Gasteiger partial charge is 0.122 e. The summed E-state index contributed by atoms with van der Waals surface area (Å²) >= 11 is 0. The highest BCUT2D eigenvalue weighted by Gasteiger charge is 2.00. The molecule has 0 fully saturated rings. The Labute approximate surface area is 90.7 Å². The van der Waals surface area contributed by atoms with Crippen molar-refractivity contribution in [1.82, 2.24) is 9.61 Å². The highest BCUT2D eigenvalue weighted by Crippen LogP contribution is 2.16. The summed E-state index contributed by atoms with van der Waals surface area (Å²) in [6.07, 6.45) is 3.76. The summed E-state index contributed by atoms with van der Waals surface area (Å²) in [5.74, 6) is 0.901. The van der Waals surface area contributed by atoms with Crippen LogP contribution in [0.5, 0.6) is 5.75 Å². The second-order valence-corrected chi connectivity index (χ2v) is 2.95. The quantitative estimate of drug-likeness (QED) is 0.755. The molecular formula is C12H18N2O. The Morgan fingerprint density at radius 3 is 2.80 bits per heavy atom. The van der Waals surface area contributed by atoms with E-state index in [4.69, 9.17) is 4.74 Å².